The van der Waals surface area contributed by atoms with Crippen LogP contribution in [0.4, 0.5) is 0 Å². The molecular formula is C9H14O4. The van der Waals surface area contributed by atoms with Gasteiger partial charge in [0.1, 0.15) is 5.92 Å². The molecular weight excluding hydrogens is 172 g/mol. The number of ketones is 1. The summed E-state index contributed by atoms with van der Waals surface area (Å²) in [6, 6.07) is 0. The molecule has 0 aromatic heterocycles. The van der Waals surface area contributed by atoms with Crippen molar-refractivity contribution in [2.75, 3.05) is 20.3 Å². The van der Waals surface area contributed by atoms with E-state index in [1.807, 2.05) is 0 Å². The third-order valence-electron chi connectivity index (χ3n) is 2.31. The summed E-state index contributed by atoms with van der Waals surface area (Å²) in [5.41, 5.74) is 0. The normalized spacial score (nSPS) is 24.0. The van der Waals surface area contributed by atoms with Crippen LogP contribution in [0.2, 0.25) is 0 Å². The van der Waals surface area contributed by atoms with Crippen LogP contribution in [0.15, 0.2) is 0 Å². The van der Waals surface area contributed by atoms with Crippen LogP contribution in [-0.2, 0) is 19.1 Å². The van der Waals surface area contributed by atoms with E-state index in [2.05, 4.69) is 4.74 Å². The molecule has 13 heavy (non-hydrogen) atoms. The maximum Gasteiger partial charge on any atom is 0.315 e. The van der Waals surface area contributed by atoms with E-state index in [4.69, 9.17) is 4.74 Å². The number of ether oxygens (including phenoxy) is 2. The summed E-state index contributed by atoms with van der Waals surface area (Å²) in [6.45, 7) is 2.64. The first-order valence-corrected chi connectivity index (χ1v) is 4.36. The Hall–Kier alpha value is -0.900. The van der Waals surface area contributed by atoms with Crippen LogP contribution in [-0.4, -0.2) is 32.1 Å². The number of Topliss-reactive ketones (excluding diaryl/α,β-unsaturated/α-hetero) is 1. The average Bonchev–Trinajstić information content (AvgIpc) is 2.67. The first kappa shape index (κ1) is 10.2. The van der Waals surface area contributed by atoms with Crippen LogP contribution in [0.25, 0.3) is 0 Å². The van der Waals surface area contributed by atoms with Crippen molar-refractivity contribution in [3.8, 4) is 0 Å². The van der Waals surface area contributed by atoms with Crippen molar-refractivity contribution >= 4 is 11.8 Å². The smallest absolute Gasteiger partial charge is 0.315 e. The lowest BCUT2D eigenvalue weighted by Gasteiger charge is -2.11. The minimum atomic E-state index is -0.656. The Morgan fingerprint density at radius 2 is 2.23 bits per heavy atom. The molecule has 0 radical (unpaired) electrons. The van der Waals surface area contributed by atoms with Gasteiger partial charge in [0.25, 0.3) is 0 Å². The van der Waals surface area contributed by atoms with Crippen molar-refractivity contribution in [1.82, 2.24) is 0 Å². The van der Waals surface area contributed by atoms with Gasteiger partial charge in [-0.05, 0) is 13.3 Å². The third-order valence-corrected chi connectivity index (χ3v) is 2.31. The van der Waals surface area contributed by atoms with E-state index in [0.717, 1.165) is 6.42 Å². The lowest BCUT2D eigenvalue weighted by atomic mass is 9.93. The van der Waals surface area contributed by atoms with Crippen LogP contribution >= 0.6 is 0 Å². The highest BCUT2D eigenvalue weighted by atomic mass is 16.5. The Labute approximate surface area is 77.2 Å². The fraction of sp³-hybridized carbons (Fsp3) is 0.778. The van der Waals surface area contributed by atoms with Crippen molar-refractivity contribution in [1.29, 1.82) is 0 Å². The van der Waals surface area contributed by atoms with E-state index in [-0.39, 0.29) is 11.7 Å². The first-order valence-electron chi connectivity index (χ1n) is 4.36. The molecule has 1 aliphatic rings. The molecule has 0 aromatic carbocycles. The molecule has 1 heterocycles. The number of hydrogen-bond donors (Lipinski definition) is 0. The molecule has 0 spiro atoms. The van der Waals surface area contributed by atoms with Gasteiger partial charge >= 0.3 is 5.97 Å². The van der Waals surface area contributed by atoms with Gasteiger partial charge in [-0.15, -0.1) is 0 Å². The first-order chi connectivity index (χ1) is 6.16. The Morgan fingerprint density at radius 1 is 1.54 bits per heavy atom. The topological polar surface area (TPSA) is 52.6 Å². The zero-order valence-electron chi connectivity index (χ0n) is 7.91. The Bertz CT molecular complexity index is 206. The minimum absolute atomic E-state index is 0.0654. The molecule has 4 heteroatoms. The van der Waals surface area contributed by atoms with Crippen molar-refractivity contribution in [3.05, 3.63) is 0 Å². The standard InChI is InChI=1S/C9H14O4/c1-6(9(11)12-2)8(10)7-3-4-13-5-7/h6-7H,3-5H2,1-2H3. The summed E-state index contributed by atoms with van der Waals surface area (Å²) in [6.07, 6.45) is 0.722. The fourth-order valence-electron chi connectivity index (χ4n) is 1.41. The van der Waals surface area contributed by atoms with E-state index in [1.165, 1.54) is 7.11 Å². The molecule has 1 rings (SSSR count). The van der Waals surface area contributed by atoms with E-state index < -0.39 is 11.9 Å². The molecule has 0 amide bonds. The molecule has 1 fully saturated rings. The van der Waals surface area contributed by atoms with E-state index in [1.54, 1.807) is 6.92 Å². The van der Waals surface area contributed by atoms with Crippen molar-refractivity contribution in [2.45, 2.75) is 13.3 Å². The SMILES string of the molecule is COC(=O)C(C)C(=O)C1CCOC1. The maximum absolute atomic E-state index is 11.6. The van der Waals surface area contributed by atoms with Crippen LogP contribution in [0, 0.1) is 11.8 Å². The summed E-state index contributed by atoms with van der Waals surface area (Å²) in [5, 5.41) is 0. The quantitative estimate of drug-likeness (QED) is 0.473. The molecule has 0 aliphatic carbocycles. The fourth-order valence-corrected chi connectivity index (χ4v) is 1.41. The van der Waals surface area contributed by atoms with Crippen LogP contribution in [0.5, 0.6) is 0 Å². The predicted molar refractivity (Wildman–Crippen MR) is 45.1 cm³/mol. The Kier molecular flexibility index (Phi) is 3.42. The molecule has 74 valence electrons. The number of methoxy groups -OCH3 is 1. The average molecular weight is 186 g/mol. The highest BCUT2D eigenvalue weighted by Gasteiger charge is 2.31. The molecule has 1 aliphatic heterocycles. The Balaban J connectivity index is 2.50. The van der Waals surface area contributed by atoms with Crippen molar-refractivity contribution in [2.24, 2.45) is 11.8 Å². The van der Waals surface area contributed by atoms with Gasteiger partial charge in [-0.2, -0.15) is 0 Å². The maximum atomic E-state index is 11.6. The van der Waals surface area contributed by atoms with E-state index in [9.17, 15) is 9.59 Å². The minimum Gasteiger partial charge on any atom is -0.468 e. The largest absolute Gasteiger partial charge is 0.468 e. The summed E-state index contributed by atoms with van der Waals surface area (Å²) in [5.74, 6) is -1.30. The lowest BCUT2D eigenvalue weighted by Crippen LogP contribution is -2.28. The highest BCUT2D eigenvalue weighted by molar-refractivity contribution is 5.99. The van der Waals surface area contributed by atoms with Gasteiger partial charge in [0.2, 0.25) is 0 Å². The number of rotatable bonds is 3. The number of carbonyl (C=O) groups excluding carboxylic acids is 2. The van der Waals surface area contributed by atoms with Gasteiger partial charge < -0.3 is 9.47 Å². The summed E-state index contributed by atoms with van der Waals surface area (Å²) in [4.78, 5) is 22.6. The van der Waals surface area contributed by atoms with E-state index in [0.29, 0.717) is 13.2 Å². The zero-order valence-corrected chi connectivity index (χ0v) is 7.91. The molecule has 2 unspecified atom stereocenters. The van der Waals surface area contributed by atoms with Gasteiger partial charge in [0.05, 0.1) is 13.7 Å². The zero-order chi connectivity index (χ0) is 9.84. The van der Waals surface area contributed by atoms with Gasteiger partial charge in [0, 0.05) is 12.5 Å². The second-order valence-corrected chi connectivity index (χ2v) is 3.21. The van der Waals surface area contributed by atoms with Crippen LogP contribution in [0.1, 0.15) is 13.3 Å². The van der Waals surface area contributed by atoms with Crippen LogP contribution in [0.3, 0.4) is 0 Å². The highest BCUT2D eigenvalue weighted by Crippen LogP contribution is 2.18. The van der Waals surface area contributed by atoms with Gasteiger partial charge in [-0.3, -0.25) is 9.59 Å². The van der Waals surface area contributed by atoms with Gasteiger partial charge in [-0.1, -0.05) is 0 Å². The molecule has 0 aromatic rings. The number of carbonyl (C=O) groups is 2. The summed E-state index contributed by atoms with van der Waals surface area (Å²) >= 11 is 0. The Morgan fingerprint density at radius 3 is 2.69 bits per heavy atom. The molecule has 4 nitrogen and oxygen atoms in total. The van der Waals surface area contributed by atoms with Crippen molar-refractivity contribution in [3.63, 3.8) is 0 Å². The molecule has 0 saturated carbocycles. The summed E-state index contributed by atoms with van der Waals surface area (Å²) < 4.78 is 9.56. The number of hydrogen-bond acceptors (Lipinski definition) is 4. The summed E-state index contributed by atoms with van der Waals surface area (Å²) in [7, 11) is 1.29. The molecule has 1 saturated heterocycles. The van der Waals surface area contributed by atoms with Gasteiger partial charge in [-0.25, -0.2) is 0 Å². The third kappa shape index (κ3) is 2.28. The predicted octanol–water partition coefficient (Wildman–Crippen LogP) is 0.401. The van der Waals surface area contributed by atoms with Gasteiger partial charge in [0.15, 0.2) is 5.78 Å². The van der Waals surface area contributed by atoms with Crippen LogP contribution < -0.4 is 0 Å². The van der Waals surface area contributed by atoms with E-state index >= 15 is 0 Å². The monoisotopic (exact) mass is 186 g/mol. The second kappa shape index (κ2) is 4.37. The second-order valence-electron chi connectivity index (χ2n) is 3.21. The van der Waals surface area contributed by atoms with Crippen molar-refractivity contribution < 1.29 is 19.1 Å². The number of esters is 1. The molecule has 2 atom stereocenters. The molecule has 0 N–H and O–H groups in total. The molecule has 0 bridgehead atoms. The lowest BCUT2D eigenvalue weighted by molar-refractivity contribution is -0.149.